The first-order valence-electron chi connectivity index (χ1n) is 6.84. The van der Waals surface area contributed by atoms with Crippen LogP contribution in [-0.2, 0) is 0 Å². The lowest BCUT2D eigenvalue weighted by Gasteiger charge is -2.28. The van der Waals surface area contributed by atoms with Gasteiger partial charge in [-0.2, -0.15) is 0 Å². The van der Waals surface area contributed by atoms with Crippen molar-refractivity contribution in [3.8, 4) is 17.2 Å². The number of fused-ring (bicyclic) bond motifs is 5. The van der Waals surface area contributed by atoms with Crippen LogP contribution in [0.5, 0.6) is 17.2 Å². The first-order valence-corrected chi connectivity index (χ1v) is 6.84. The summed E-state index contributed by atoms with van der Waals surface area (Å²) in [6.45, 7) is 2.74. The summed E-state index contributed by atoms with van der Waals surface area (Å²) in [7, 11) is 1.67. The number of aryl methyl sites for hydroxylation is 1. The number of hydrogen-bond acceptors (Lipinski definition) is 3. The van der Waals surface area contributed by atoms with Gasteiger partial charge < -0.3 is 14.2 Å². The van der Waals surface area contributed by atoms with Crippen molar-refractivity contribution in [1.29, 1.82) is 0 Å². The van der Waals surface area contributed by atoms with E-state index in [0.29, 0.717) is 6.61 Å². The van der Waals surface area contributed by atoms with Gasteiger partial charge in [-0.25, -0.2) is 0 Å². The van der Waals surface area contributed by atoms with Crippen LogP contribution in [0.3, 0.4) is 0 Å². The van der Waals surface area contributed by atoms with Gasteiger partial charge in [0.25, 0.3) is 0 Å². The molecule has 2 aliphatic rings. The lowest BCUT2D eigenvalue weighted by atomic mass is 9.89. The Morgan fingerprint density at radius 1 is 1.05 bits per heavy atom. The van der Waals surface area contributed by atoms with E-state index in [1.54, 1.807) is 7.11 Å². The zero-order valence-electron chi connectivity index (χ0n) is 11.6. The molecule has 3 nitrogen and oxygen atoms in total. The van der Waals surface area contributed by atoms with Crippen molar-refractivity contribution < 1.29 is 14.2 Å². The summed E-state index contributed by atoms with van der Waals surface area (Å²) in [6.07, 6.45) is 0.0569. The van der Waals surface area contributed by atoms with E-state index in [2.05, 4.69) is 31.2 Å². The van der Waals surface area contributed by atoms with Gasteiger partial charge in [-0.1, -0.05) is 18.2 Å². The first-order chi connectivity index (χ1) is 9.76. The van der Waals surface area contributed by atoms with Crippen LogP contribution in [0.4, 0.5) is 0 Å². The van der Waals surface area contributed by atoms with E-state index in [1.165, 1.54) is 11.1 Å². The lowest BCUT2D eigenvalue weighted by molar-refractivity contribution is 0.139. The van der Waals surface area contributed by atoms with Crippen LogP contribution in [-0.4, -0.2) is 13.7 Å². The number of ether oxygens (including phenoxy) is 3. The topological polar surface area (TPSA) is 27.7 Å². The lowest BCUT2D eigenvalue weighted by Crippen LogP contribution is -2.23. The molecule has 0 aliphatic carbocycles. The molecule has 0 radical (unpaired) electrons. The minimum atomic E-state index is 0.0569. The normalized spacial score (nSPS) is 22.1. The van der Waals surface area contributed by atoms with Crippen molar-refractivity contribution in [1.82, 2.24) is 0 Å². The molecule has 0 N–H and O–H groups in total. The van der Waals surface area contributed by atoms with Crippen LogP contribution in [0, 0.1) is 6.92 Å². The zero-order valence-corrected chi connectivity index (χ0v) is 11.6. The third-order valence-electron chi connectivity index (χ3n) is 4.13. The fourth-order valence-electron chi connectivity index (χ4n) is 3.07. The Labute approximate surface area is 118 Å². The van der Waals surface area contributed by atoms with Gasteiger partial charge in [-0.05, 0) is 24.6 Å². The van der Waals surface area contributed by atoms with Gasteiger partial charge in [0.2, 0.25) is 0 Å². The summed E-state index contributed by atoms with van der Waals surface area (Å²) < 4.78 is 17.3. The summed E-state index contributed by atoms with van der Waals surface area (Å²) in [5, 5.41) is 0. The number of methoxy groups -OCH3 is 1. The summed E-state index contributed by atoms with van der Waals surface area (Å²) in [5.74, 6) is 2.96. The fraction of sp³-hybridized carbons (Fsp3) is 0.294. The Morgan fingerprint density at radius 3 is 2.75 bits per heavy atom. The van der Waals surface area contributed by atoms with E-state index in [9.17, 15) is 0 Å². The van der Waals surface area contributed by atoms with Gasteiger partial charge >= 0.3 is 0 Å². The number of rotatable bonds is 1. The Bertz CT molecular complexity index is 678. The maximum atomic E-state index is 6.16. The summed E-state index contributed by atoms with van der Waals surface area (Å²) >= 11 is 0. The molecule has 0 spiro atoms. The Hall–Kier alpha value is -2.16. The second kappa shape index (κ2) is 4.17. The number of hydrogen-bond donors (Lipinski definition) is 0. The second-order valence-corrected chi connectivity index (χ2v) is 5.40. The Morgan fingerprint density at radius 2 is 1.90 bits per heavy atom. The molecular weight excluding hydrogens is 252 g/mol. The molecule has 2 atom stereocenters. The maximum absolute atomic E-state index is 6.16. The largest absolute Gasteiger partial charge is 0.497 e. The molecule has 2 aromatic carbocycles. The SMILES string of the molecule is COc1ccc2c(c1)OC1c3ccc(C)cc3OCC21. The predicted octanol–water partition coefficient (Wildman–Crippen LogP) is 3.61. The highest BCUT2D eigenvalue weighted by Crippen LogP contribution is 2.51. The molecule has 0 saturated heterocycles. The van der Waals surface area contributed by atoms with Crippen molar-refractivity contribution in [2.75, 3.05) is 13.7 Å². The minimum absolute atomic E-state index is 0.0569. The van der Waals surface area contributed by atoms with Gasteiger partial charge in [0, 0.05) is 17.2 Å². The van der Waals surface area contributed by atoms with Gasteiger partial charge in [0.1, 0.15) is 23.4 Å². The van der Waals surface area contributed by atoms with Crippen molar-refractivity contribution >= 4 is 0 Å². The van der Waals surface area contributed by atoms with Gasteiger partial charge in [0.15, 0.2) is 0 Å². The minimum Gasteiger partial charge on any atom is -0.497 e. The van der Waals surface area contributed by atoms with Crippen molar-refractivity contribution in [2.45, 2.75) is 18.9 Å². The number of benzene rings is 2. The molecule has 3 heteroatoms. The monoisotopic (exact) mass is 268 g/mol. The standard InChI is InChI=1S/C17H16O3/c1-10-3-5-13-15(7-10)19-9-14-12-6-4-11(18-2)8-16(12)20-17(13)14/h3-8,14,17H,9H2,1-2H3. The van der Waals surface area contributed by atoms with Crippen molar-refractivity contribution in [2.24, 2.45) is 0 Å². The smallest absolute Gasteiger partial charge is 0.138 e. The molecule has 4 rings (SSSR count). The van der Waals surface area contributed by atoms with Crippen LogP contribution >= 0.6 is 0 Å². The highest BCUT2D eigenvalue weighted by molar-refractivity contribution is 5.51. The van der Waals surface area contributed by atoms with Crippen LogP contribution in [0.1, 0.15) is 28.7 Å². The third kappa shape index (κ3) is 1.59. The highest BCUT2D eigenvalue weighted by atomic mass is 16.5. The average molecular weight is 268 g/mol. The van der Waals surface area contributed by atoms with Crippen LogP contribution in [0.2, 0.25) is 0 Å². The average Bonchev–Trinajstić information content (AvgIpc) is 2.84. The van der Waals surface area contributed by atoms with Gasteiger partial charge in [0.05, 0.1) is 19.6 Å². The van der Waals surface area contributed by atoms with Crippen LogP contribution < -0.4 is 14.2 Å². The summed E-state index contributed by atoms with van der Waals surface area (Å²) in [6, 6.07) is 12.3. The molecule has 2 unspecified atom stereocenters. The molecule has 0 fully saturated rings. The fourth-order valence-corrected chi connectivity index (χ4v) is 3.07. The molecule has 2 aromatic rings. The van der Waals surface area contributed by atoms with E-state index >= 15 is 0 Å². The molecule has 0 bridgehead atoms. The van der Waals surface area contributed by atoms with E-state index in [-0.39, 0.29) is 12.0 Å². The van der Waals surface area contributed by atoms with E-state index in [0.717, 1.165) is 22.8 Å². The van der Waals surface area contributed by atoms with Gasteiger partial charge in [-0.3, -0.25) is 0 Å². The van der Waals surface area contributed by atoms with Crippen molar-refractivity contribution in [3.05, 3.63) is 53.1 Å². The molecule has 0 saturated carbocycles. The first kappa shape index (κ1) is 11.6. The van der Waals surface area contributed by atoms with Crippen LogP contribution in [0.15, 0.2) is 36.4 Å². The van der Waals surface area contributed by atoms with Crippen LogP contribution in [0.25, 0.3) is 0 Å². The third-order valence-corrected chi connectivity index (χ3v) is 4.13. The quantitative estimate of drug-likeness (QED) is 0.790. The Kier molecular flexibility index (Phi) is 2.43. The highest BCUT2D eigenvalue weighted by Gasteiger charge is 2.40. The summed E-state index contributed by atoms with van der Waals surface area (Å²) in [4.78, 5) is 0. The Balaban J connectivity index is 1.78. The second-order valence-electron chi connectivity index (χ2n) is 5.40. The van der Waals surface area contributed by atoms with Gasteiger partial charge in [-0.15, -0.1) is 0 Å². The van der Waals surface area contributed by atoms with E-state index in [1.807, 2.05) is 12.1 Å². The summed E-state index contributed by atoms with van der Waals surface area (Å²) in [5.41, 5.74) is 3.56. The molecule has 102 valence electrons. The molecule has 20 heavy (non-hydrogen) atoms. The van der Waals surface area contributed by atoms with E-state index in [4.69, 9.17) is 14.2 Å². The van der Waals surface area contributed by atoms with E-state index < -0.39 is 0 Å². The van der Waals surface area contributed by atoms with Crippen molar-refractivity contribution in [3.63, 3.8) is 0 Å². The molecule has 0 aromatic heterocycles. The molecule has 0 amide bonds. The zero-order chi connectivity index (χ0) is 13.7. The molecule has 2 aliphatic heterocycles. The molecular formula is C17H16O3. The maximum Gasteiger partial charge on any atom is 0.138 e. The predicted molar refractivity (Wildman–Crippen MR) is 75.8 cm³/mol. The molecule has 2 heterocycles.